The summed E-state index contributed by atoms with van der Waals surface area (Å²) < 4.78 is 5.76. The van der Waals surface area contributed by atoms with Crippen molar-refractivity contribution in [2.24, 2.45) is 0 Å². The summed E-state index contributed by atoms with van der Waals surface area (Å²) in [6.07, 6.45) is 0.824. The summed E-state index contributed by atoms with van der Waals surface area (Å²) in [4.78, 5) is 11.3. The largest absolute Gasteiger partial charge is 0.457 e. The average Bonchev–Trinajstić information content (AvgIpc) is 2.57. The van der Waals surface area contributed by atoms with Gasteiger partial charge in [-0.15, -0.1) is 0 Å². The van der Waals surface area contributed by atoms with E-state index in [9.17, 15) is 4.79 Å². The molecule has 0 radical (unpaired) electrons. The van der Waals surface area contributed by atoms with Crippen molar-refractivity contribution in [1.82, 2.24) is 0 Å². The normalized spacial score (nSPS) is 10.1. The van der Waals surface area contributed by atoms with Crippen LogP contribution in [0.15, 0.2) is 78.9 Å². The SMILES string of the molecule is O=Cc1cc(-c2ccccc2)ccc1Oc1ccccc1. The first kappa shape index (κ1) is 13.1. The van der Waals surface area contributed by atoms with Gasteiger partial charge in [0.2, 0.25) is 0 Å². The molecule has 0 N–H and O–H groups in total. The number of para-hydroxylation sites is 1. The molecule has 2 nitrogen and oxygen atoms in total. The Morgan fingerprint density at radius 1 is 0.714 bits per heavy atom. The summed E-state index contributed by atoms with van der Waals surface area (Å²) in [5.41, 5.74) is 2.62. The molecule has 3 aromatic rings. The molecule has 0 bridgehead atoms. The molecule has 3 rings (SSSR count). The Balaban J connectivity index is 1.95. The molecule has 0 aliphatic heterocycles. The molecule has 0 aliphatic carbocycles. The highest BCUT2D eigenvalue weighted by atomic mass is 16.5. The van der Waals surface area contributed by atoms with Gasteiger partial charge in [0.15, 0.2) is 6.29 Å². The fourth-order valence-corrected chi connectivity index (χ4v) is 2.16. The molecule has 0 amide bonds. The fraction of sp³-hybridized carbons (Fsp3) is 0. The molecule has 102 valence electrons. The van der Waals surface area contributed by atoms with E-state index in [-0.39, 0.29) is 0 Å². The summed E-state index contributed by atoms with van der Waals surface area (Å²) >= 11 is 0. The molecule has 0 atom stereocenters. The van der Waals surface area contributed by atoms with Crippen molar-refractivity contribution < 1.29 is 9.53 Å². The second-order valence-corrected chi connectivity index (χ2v) is 4.65. The predicted molar refractivity (Wildman–Crippen MR) is 83.8 cm³/mol. The molecule has 0 aromatic heterocycles. The number of carbonyl (C=O) groups is 1. The number of benzene rings is 3. The van der Waals surface area contributed by atoms with Crippen LogP contribution in [0.5, 0.6) is 11.5 Å². The fourth-order valence-electron chi connectivity index (χ4n) is 2.16. The topological polar surface area (TPSA) is 26.3 Å². The second-order valence-electron chi connectivity index (χ2n) is 4.65. The van der Waals surface area contributed by atoms with Gasteiger partial charge in [0.1, 0.15) is 11.5 Å². The zero-order valence-corrected chi connectivity index (χ0v) is 11.4. The van der Waals surface area contributed by atoms with Gasteiger partial charge in [-0.2, -0.15) is 0 Å². The Bertz CT molecular complexity index is 734. The van der Waals surface area contributed by atoms with Crippen LogP contribution in [-0.4, -0.2) is 6.29 Å². The molecule has 0 aliphatic rings. The summed E-state index contributed by atoms with van der Waals surface area (Å²) in [5.74, 6) is 1.28. The smallest absolute Gasteiger partial charge is 0.153 e. The lowest BCUT2D eigenvalue weighted by molar-refractivity contribution is 0.112. The van der Waals surface area contributed by atoms with Gasteiger partial charge in [-0.25, -0.2) is 0 Å². The molecule has 0 saturated carbocycles. The maximum absolute atomic E-state index is 11.3. The van der Waals surface area contributed by atoms with Gasteiger partial charge < -0.3 is 4.74 Å². The maximum Gasteiger partial charge on any atom is 0.153 e. The van der Waals surface area contributed by atoms with E-state index in [1.807, 2.05) is 78.9 Å². The quantitative estimate of drug-likeness (QED) is 0.629. The first-order chi connectivity index (χ1) is 10.4. The van der Waals surface area contributed by atoms with E-state index in [1.54, 1.807) is 0 Å². The number of ether oxygens (including phenoxy) is 1. The zero-order valence-electron chi connectivity index (χ0n) is 11.4. The van der Waals surface area contributed by atoms with Crippen molar-refractivity contribution in [2.45, 2.75) is 0 Å². The highest BCUT2D eigenvalue weighted by Gasteiger charge is 2.07. The van der Waals surface area contributed by atoms with Crippen LogP contribution in [0.2, 0.25) is 0 Å². The molecule has 0 spiro atoms. The van der Waals surface area contributed by atoms with Crippen LogP contribution < -0.4 is 4.74 Å². The number of hydrogen-bond donors (Lipinski definition) is 0. The van der Waals surface area contributed by atoms with Crippen LogP contribution in [0.1, 0.15) is 10.4 Å². The van der Waals surface area contributed by atoms with Crippen LogP contribution in [0.25, 0.3) is 11.1 Å². The Labute approximate surface area is 123 Å². The molecular formula is C19H14O2. The first-order valence-electron chi connectivity index (χ1n) is 6.74. The summed E-state index contributed by atoms with van der Waals surface area (Å²) in [6, 6.07) is 25.0. The highest BCUT2D eigenvalue weighted by Crippen LogP contribution is 2.29. The van der Waals surface area contributed by atoms with E-state index in [0.29, 0.717) is 17.1 Å². The van der Waals surface area contributed by atoms with Crippen LogP contribution in [0, 0.1) is 0 Å². The minimum Gasteiger partial charge on any atom is -0.457 e. The van der Waals surface area contributed by atoms with E-state index in [1.165, 1.54) is 0 Å². The van der Waals surface area contributed by atoms with Gasteiger partial charge in [-0.1, -0.05) is 54.6 Å². The van der Waals surface area contributed by atoms with Gasteiger partial charge in [-0.05, 0) is 35.4 Å². The van der Waals surface area contributed by atoms with E-state index >= 15 is 0 Å². The highest BCUT2D eigenvalue weighted by molar-refractivity contribution is 5.83. The molecule has 3 aromatic carbocycles. The van der Waals surface area contributed by atoms with Crippen molar-refractivity contribution >= 4 is 6.29 Å². The third-order valence-corrected chi connectivity index (χ3v) is 3.21. The number of aldehydes is 1. The molecule has 21 heavy (non-hydrogen) atoms. The summed E-state index contributed by atoms with van der Waals surface area (Å²) in [5, 5.41) is 0. The van der Waals surface area contributed by atoms with Gasteiger partial charge in [0, 0.05) is 0 Å². The number of rotatable bonds is 4. The van der Waals surface area contributed by atoms with Crippen LogP contribution in [0.3, 0.4) is 0 Å². The van der Waals surface area contributed by atoms with Crippen LogP contribution >= 0.6 is 0 Å². The van der Waals surface area contributed by atoms with Crippen molar-refractivity contribution in [2.75, 3.05) is 0 Å². The predicted octanol–water partition coefficient (Wildman–Crippen LogP) is 4.96. The Morgan fingerprint density at radius 2 is 1.38 bits per heavy atom. The first-order valence-corrected chi connectivity index (χ1v) is 6.74. The second kappa shape index (κ2) is 6.06. The van der Waals surface area contributed by atoms with Gasteiger partial charge in [0.05, 0.1) is 5.56 Å². The van der Waals surface area contributed by atoms with E-state index in [2.05, 4.69) is 0 Å². The Hall–Kier alpha value is -2.87. The maximum atomic E-state index is 11.3. The minimum absolute atomic E-state index is 0.542. The van der Waals surface area contributed by atoms with Crippen LogP contribution in [0.4, 0.5) is 0 Å². The average molecular weight is 274 g/mol. The Kier molecular flexibility index (Phi) is 3.79. The Morgan fingerprint density at radius 3 is 2.05 bits per heavy atom. The van der Waals surface area contributed by atoms with E-state index in [0.717, 1.165) is 17.4 Å². The molecule has 0 saturated heterocycles. The molecule has 0 heterocycles. The monoisotopic (exact) mass is 274 g/mol. The molecule has 2 heteroatoms. The lowest BCUT2D eigenvalue weighted by atomic mass is 10.0. The van der Waals surface area contributed by atoms with Gasteiger partial charge >= 0.3 is 0 Å². The molecule has 0 unspecified atom stereocenters. The van der Waals surface area contributed by atoms with Gasteiger partial charge in [-0.3, -0.25) is 4.79 Å². The lowest BCUT2D eigenvalue weighted by Crippen LogP contribution is -1.91. The minimum atomic E-state index is 0.542. The van der Waals surface area contributed by atoms with E-state index < -0.39 is 0 Å². The van der Waals surface area contributed by atoms with Crippen molar-refractivity contribution in [1.29, 1.82) is 0 Å². The third-order valence-electron chi connectivity index (χ3n) is 3.21. The lowest BCUT2D eigenvalue weighted by Gasteiger charge is -2.10. The number of carbonyl (C=O) groups excluding carboxylic acids is 1. The van der Waals surface area contributed by atoms with E-state index in [4.69, 9.17) is 4.74 Å². The van der Waals surface area contributed by atoms with Crippen LogP contribution in [-0.2, 0) is 0 Å². The molecule has 0 fully saturated rings. The summed E-state index contributed by atoms with van der Waals surface area (Å²) in [7, 11) is 0. The molecular weight excluding hydrogens is 260 g/mol. The van der Waals surface area contributed by atoms with Crippen molar-refractivity contribution in [3.8, 4) is 22.6 Å². The summed E-state index contributed by atoms with van der Waals surface area (Å²) in [6.45, 7) is 0. The van der Waals surface area contributed by atoms with Crippen molar-refractivity contribution in [3.05, 3.63) is 84.4 Å². The number of hydrogen-bond acceptors (Lipinski definition) is 2. The zero-order chi connectivity index (χ0) is 14.5. The van der Waals surface area contributed by atoms with Gasteiger partial charge in [0.25, 0.3) is 0 Å². The third kappa shape index (κ3) is 3.00. The van der Waals surface area contributed by atoms with Crippen molar-refractivity contribution in [3.63, 3.8) is 0 Å². The standard InChI is InChI=1S/C19H14O2/c20-14-17-13-16(15-7-3-1-4-8-15)11-12-19(17)21-18-9-5-2-6-10-18/h1-14H.